The fourth-order valence-corrected chi connectivity index (χ4v) is 2.49. The number of aromatic nitrogens is 2. The highest BCUT2D eigenvalue weighted by Gasteiger charge is 2.20. The van der Waals surface area contributed by atoms with E-state index in [2.05, 4.69) is 42.8 Å². The molecule has 0 fully saturated rings. The largest absolute Gasteiger partial charge is 0.389 e. The van der Waals surface area contributed by atoms with Crippen molar-refractivity contribution in [1.29, 1.82) is 0 Å². The smallest absolute Gasteiger partial charge is 0.161 e. The van der Waals surface area contributed by atoms with Gasteiger partial charge < -0.3 is 10.6 Å². The molecule has 0 unspecified atom stereocenters. The van der Waals surface area contributed by atoms with Crippen LogP contribution in [0.3, 0.4) is 0 Å². The molecule has 0 atom stereocenters. The van der Waals surface area contributed by atoms with Gasteiger partial charge in [-0.25, -0.2) is 0 Å². The van der Waals surface area contributed by atoms with Crippen molar-refractivity contribution in [3.8, 4) is 0 Å². The first kappa shape index (κ1) is 16.8. The first-order valence-electron chi connectivity index (χ1n) is 7.12. The van der Waals surface area contributed by atoms with Gasteiger partial charge in [0.25, 0.3) is 0 Å². The molecule has 1 aromatic heterocycles. The molecule has 112 valence electrons. The van der Waals surface area contributed by atoms with E-state index in [1.807, 2.05) is 13.8 Å². The number of hydrogen-bond acceptors (Lipinski definition) is 4. The quantitative estimate of drug-likeness (QED) is 0.818. The molecule has 1 rings (SSSR count). The lowest BCUT2D eigenvalue weighted by atomic mass is 10.1. The third kappa shape index (κ3) is 4.13. The van der Waals surface area contributed by atoms with Gasteiger partial charge in [-0.2, -0.15) is 5.10 Å². The minimum absolute atomic E-state index is 0.396. The SMILES string of the molecule is Cc1nnc(N(CC(C)C)CC(C)C)c(C(N)=S)c1C. The van der Waals surface area contributed by atoms with Crippen LogP contribution in [0.4, 0.5) is 5.82 Å². The maximum atomic E-state index is 5.92. The Morgan fingerprint density at radius 3 is 2.00 bits per heavy atom. The lowest BCUT2D eigenvalue weighted by Crippen LogP contribution is -2.34. The van der Waals surface area contributed by atoms with E-state index in [1.165, 1.54) is 0 Å². The molecular formula is C15H26N4S. The second-order valence-electron chi connectivity index (χ2n) is 6.17. The summed E-state index contributed by atoms with van der Waals surface area (Å²) in [4.78, 5) is 2.65. The molecule has 2 N–H and O–H groups in total. The van der Waals surface area contributed by atoms with Crippen molar-refractivity contribution in [2.75, 3.05) is 18.0 Å². The number of hydrogen-bond donors (Lipinski definition) is 1. The summed E-state index contributed by atoms with van der Waals surface area (Å²) in [5.74, 6) is 1.90. The van der Waals surface area contributed by atoms with Gasteiger partial charge in [0, 0.05) is 13.1 Å². The molecule has 1 aromatic rings. The van der Waals surface area contributed by atoms with Gasteiger partial charge in [-0.15, -0.1) is 5.10 Å². The molecule has 0 saturated heterocycles. The molecule has 5 heteroatoms. The zero-order valence-corrected chi connectivity index (χ0v) is 14.2. The van der Waals surface area contributed by atoms with E-state index in [4.69, 9.17) is 18.0 Å². The summed E-state index contributed by atoms with van der Waals surface area (Å²) >= 11 is 5.23. The third-order valence-corrected chi connectivity index (χ3v) is 3.36. The summed E-state index contributed by atoms with van der Waals surface area (Å²) in [5.41, 5.74) is 8.70. The highest BCUT2D eigenvalue weighted by atomic mass is 32.1. The van der Waals surface area contributed by atoms with Gasteiger partial charge in [0.05, 0.1) is 11.3 Å². The van der Waals surface area contributed by atoms with Crippen LogP contribution in [0.5, 0.6) is 0 Å². The number of nitrogens with zero attached hydrogens (tertiary/aromatic N) is 3. The summed E-state index contributed by atoms with van der Waals surface area (Å²) in [7, 11) is 0. The molecule has 0 bridgehead atoms. The first-order chi connectivity index (χ1) is 9.23. The highest BCUT2D eigenvalue weighted by molar-refractivity contribution is 7.80. The van der Waals surface area contributed by atoms with Gasteiger partial charge in [-0.3, -0.25) is 0 Å². The van der Waals surface area contributed by atoms with Crippen molar-refractivity contribution in [1.82, 2.24) is 10.2 Å². The Hall–Kier alpha value is -1.23. The van der Waals surface area contributed by atoms with Crippen LogP contribution in [-0.4, -0.2) is 28.3 Å². The molecule has 0 aliphatic heterocycles. The van der Waals surface area contributed by atoms with E-state index in [0.29, 0.717) is 16.8 Å². The molecule has 0 radical (unpaired) electrons. The zero-order valence-electron chi connectivity index (χ0n) is 13.4. The molecule has 0 aromatic carbocycles. The lowest BCUT2D eigenvalue weighted by molar-refractivity contribution is 0.546. The molecule has 0 aliphatic rings. The number of thiocarbonyl (C=S) groups is 1. The van der Waals surface area contributed by atoms with Crippen molar-refractivity contribution < 1.29 is 0 Å². The molecular weight excluding hydrogens is 268 g/mol. The Morgan fingerprint density at radius 2 is 1.60 bits per heavy atom. The Bertz CT molecular complexity index is 473. The van der Waals surface area contributed by atoms with Gasteiger partial charge in [0.2, 0.25) is 0 Å². The molecule has 0 amide bonds. The van der Waals surface area contributed by atoms with Crippen molar-refractivity contribution in [2.24, 2.45) is 17.6 Å². The van der Waals surface area contributed by atoms with E-state index in [9.17, 15) is 0 Å². The summed E-state index contributed by atoms with van der Waals surface area (Å²) in [6.45, 7) is 14.6. The van der Waals surface area contributed by atoms with Gasteiger partial charge in [0.15, 0.2) is 5.82 Å². The van der Waals surface area contributed by atoms with Crippen LogP contribution in [0.1, 0.15) is 44.5 Å². The topological polar surface area (TPSA) is 55.0 Å². The van der Waals surface area contributed by atoms with Gasteiger partial charge >= 0.3 is 0 Å². The number of nitrogens with two attached hydrogens (primary N) is 1. The van der Waals surface area contributed by atoms with E-state index < -0.39 is 0 Å². The van der Waals surface area contributed by atoms with Crippen molar-refractivity contribution in [3.05, 3.63) is 16.8 Å². The summed E-state index contributed by atoms with van der Waals surface area (Å²) in [6, 6.07) is 0. The fourth-order valence-electron chi connectivity index (χ4n) is 2.24. The second-order valence-corrected chi connectivity index (χ2v) is 6.61. The Labute approximate surface area is 127 Å². The van der Waals surface area contributed by atoms with Gasteiger partial charge in [-0.05, 0) is 31.2 Å². The fraction of sp³-hybridized carbons (Fsp3) is 0.667. The zero-order chi connectivity index (χ0) is 15.4. The van der Waals surface area contributed by atoms with Gasteiger partial charge in [-0.1, -0.05) is 39.9 Å². The minimum atomic E-state index is 0.396. The van der Waals surface area contributed by atoms with Crippen LogP contribution in [-0.2, 0) is 0 Å². The Morgan fingerprint density at radius 1 is 1.10 bits per heavy atom. The molecule has 20 heavy (non-hydrogen) atoms. The van der Waals surface area contributed by atoms with E-state index >= 15 is 0 Å². The number of aryl methyl sites for hydroxylation is 1. The standard InChI is InChI=1S/C15H26N4S/c1-9(2)7-19(8-10(3)4)15-13(14(16)20)11(5)12(6)17-18-15/h9-10H,7-8H2,1-6H3,(H2,16,20). The maximum absolute atomic E-state index is 5.92. The molecule has 0 saturated carbocycles. The summed E-state index contributed by atoms with van der Waals surface area (Å²) in [6.07, 6.45) is 0. The summed E-state index contributed by atoms with van der Waals surface area (Å²) < 4.78 is 0. The van der Waals surface area contributed by atoms with Crippen LogP contribution >= 0.6 is 12.2 Å². The van der Waals surface area contributed by atoms with Crippen LogP contribution in [0.2, 0.25) is 0 Å². The third-order valence-electron chi connectivity index (χ3n) is 3.15. The second kappa shape index (κ2) is 6.97. The number of rotatable bonds is 6. The molecule has 4 nitrogen and oxygen atoms in total. The Kier molecular flexibility index (Phi) is 5.87. The predicted molar refractivity (Wildman–Crippen MR) is 89.3 cm³/mol. The average Bonchev–Trinajstić information content (AvgIpc) is 2.29. The lowest BCUT2D eigenvalue weighted by Gasteiger charge is -2.29. The van der Waals surface area contributed by atoms with E-state index in [1.54, 1.807) is 0 Å². The van der Waals surface area contributed by atoms with Crippen LogP contribution in [0.25, 0.3) is 0 Å². The first-order valence-corrected chi connectivity index (χ1v) is 7.53. The molecule has 0 aliphatic carbocycles. The van der Waals surface area contributed by atoms with Gasteiger partial charge in [0.1, 0.15) is 4.99 Å². The Balaban J connectivity index is 3.31. The monoisotopic (exact) mass is 294 g/mol. The van der Waals surface area contributed by atoms with Crippen molar-refractivity contribution in [2.45, 2.75) is 41.5 Å². The van der Waals surface area contributed by atoms with E-state index in [0.717, 1.165) is 35.7 Å². The normalized spacial score (nSPS) is 11.2. The molecule has 1 heterocycles. The summed E-state index contributed by atoms with van der Waals surface area (Å²) in [5, 5.41) is 8.63. The average molecular weight is 294 g/mol. The predicted octanol–water partition coefficient (Wildman–Crippen LogP) is 2.85. The maximum Gasteiger partial charge on any atom is 0.161 e. The molecule has 0 spiro atoms. The highest BCUT2D eigenvalue weighted by Crippen LogP contribution is 2.23. The van der Waals surface area contributed by atoms with Crippen molar-refractivity contribution in [3.63, 3.8) is 0 Å². The number of anilines is 1. The van der Waals surface area contributed by atoms with E-state index in [-0.39, 0.29) is 0 Å². The minimum Gasteiger partial charge on any atom is -0.389 e. The van der Waals surface area contributed by atoms with Crippen LogP contribution in [0.15, 0.2) is 0 Å². The van der Waals surface area contributed by atoms with Crippen LogP contribution in [0, 0.1) is 25.7 Å². The van der Waals surface area contributed by atoms with Crippen molar-refractivity contribution >= 4 is 23.0 Å². The van der Waals surface area contributed by atoms with Crippen LogP contribution < -0.4 is 10.6 Å².